The van der Waals surface area contributed by atoms with Gasteiger partial charge in [-0.15, -0.1) is 0 Å². The van der Waals surface area contributed by atoms with Crippen molar-refractivity contribution in [2.75, 3.05) is 37.7 Å². The van der Waals surface area contributed by atoms with Crippen molar-refractivity contribution in [3.63, 3.8) is 0 Å². The first-order valence-corrected chi connectivity index (χ1v) is 11.8. The van der Waals surface area contributed by atoms with Crippen LogP contribution < -0.4 is 4.90 Å². The summed E-state index contributed by atoms with van der Waals surface area (Å²) in [6, 6.07) is 9.25. The van der Waals surface area contributed by atoms with Crippen LogP contribution in [0.4, 0.5) is 36.6 Å². The van der Waals surface area contributed by atoms with E-state index in [9.17, 15) is 30.7 Å². The lowest BCUT2D eigenvalue weighted by atomic mass is 9.90. The molecule has 4 rings (SSSR count). The number of aromatic nitrogens is 2. The number of halogens is 7. The highest BCUT2D eigenvalue weighted by Crippen LogP contribution is 2.32. The number of rotatable bonds is 3. The van der Waals surface area contributed by atoms with Crippen LogP contribution in [0.3, 0.4) is 0 Å². The van der Waals surface area contributed by atoms with Crippen molar-refractivity contribution < 1.29 is 55.3 Å². The highest BCUT2D eigenvalue weighted by atomic mass is 19.4. The normalized spacial score (nSPS) is 19.6. The molecule has 0 amide bonds. The van der Waals surface area contributed by atoms with Crippen LogP contribution in [0.2, 0.25) is 0 Å². The van der Waals surface area contributed by atoms with Crippen LogP contribution in [0.1, 0.15) is 24.2 Å². The molecule has 1 atom stereocenters. The van der Waals surface area contributed by atoms with E-state index in [1.807, 2.05) is 17.9 Å². The molecular formula is C24H27F7N4O5. The SMILES string of the molecule is Cc1cccc(CN2CCOC3(CCCN(c4ncccc4F)C3)C2)n1.O=C(O)C(F)(F)F.O=C(O)C(F)(F)F. The van der Waals surface area contributed by atoms with Crippen molar-refractivity contribution in [1.29, 1.82) is 0 Å². The number of anilines is 1. The summed E-state index contributed by atoms with van der Waals surface area (Å²) in [6.07, 6.45) is -6.54. The van der Waals surface area contributed by atoms with Crippen LogP contribution in [0.5, 0.6) is 0 Å². The van der Waals surface area contributed by atoms with Gasteiger partial charge in [0, 0.05) is 44.6 Å². The number of aryl methyl sites for hydroxylation is 1. The molecule has 2 aliphatic heterocycles. The average molecular weight is 584 g/mol. The number of hydrogen-bond donors (Lipinski definition) is 2. The van der Waals surface area contributed by atoms with Gasteiger partial charge in [-0.1, -0.05) is 6.07 Å². The molecule has 4 heterocycles. The summed E-state index contributed by atoms with van der Waals surface area (Å²) in [5.74, 6) is -5.34. The number of carboxylic acid groups (broad SMARTS) is 2. The molecule has 16 heteroatoms. The summed E-state index contributed by atoms with van der Waals surface area (Å²) in [5, 5.41) is 14.2. The monoisotopic (exact) mass is 584 g/mol. The maximum Gasteiger partial charge on any atom is 0.490 e. The van der Waals surface area contributed by atoms with E-state index in [-0.39, 0.29) is 11.4 Å². The molecule has 0 saturated carbocycles. The number of carboxylic acids is 2. The van der Waals surface area contributed by atoms with E-state index in [2.05, 4.69) is 27.0 Å². The van der Waals surface area contributed by atoms with Crippen LogP contribution in [-0.2, 0) is 20.9 Å². The predicted octanol–water partition coefficient (Wildman–Crippen LogP) is 4.06. The molecule has 0 radical (unpaired) electrons. The lowest BCUT2D eigenvalue weighted by Crippen LogP contribution is -2.59. The number of hydrogen-bond acceptors (Lipinski definition) is 7. The Morgan fingerprint density at radius 2 is 1.62 bits per heavy atom. The van der Waals surface area contributed by atoms with Gasteiger partial charge in [-0.2, -0.15) is 26.3 Å². The third-order valence-corrected chi connectivity index (χ3v) is 5.72. The first kappa shape index (κ1) is 32.7. The lowest BCUT2D eigenvalue weighted by molar-refractivity contribution is -0.193. The van der Waals surface area contributed by atoms with Crippen molar-refractivity contribution >= 4 is 17.8 Å². The van der Waals surface area contributed by atoms with E-state index < -0.39 is 24.3 Å². The number of piperidine rings is 1. The standard InChI is InChI=1S/C20H25FN4O.2C2HF3O2/c1-16-5-2-6-17(23-16)13-24-11-12-26-20(14-24)8-4-10-25(15-20)19-18(21)7-3-9-22-19;2*3-2(4,5)1(6)7/h2-3,5-7,9H,4,8,10-15H2,1H3;2*(H,6,7). The Hall–Kier alpha value is -3.53. The molecule has 0 bridgehead atoms. The van der Waals surface area contributed by atoms with Crippen molar-refractivity contribution in [2.45, 2.75) is 44.3 Å². The van der Waals surface area contributed by atoms with E-state index in [4.69, 9.17) is 24.5 Å². The van der Waals surface area contributed by atoms with Gasteiger partial charge in [0.15, 0.2) is 11.6 Å². The van der Waals surface area contributed by atoms with Crippen LogP contribution in [0.15, 0.2) is 36.5 Å². The van der Waals surface area contributed by atoms with Crippen molar-refractivity contribution in [3.8, 4) is 0 Å². The molecule has 2 aromatic heterocycles. The zero-order valence-corrected chi connectivity index (χ0v) is 21.2. The van der Waals surface area contributed by atoms with Gasteiger partial charge >= 0.3 is 24.3 Å². The van der Waals surface area contributed by atoms with Crippen LogP contribution in [0.25, 0.3) is 0 Å². The molecule has 0 aliphatic carbocycles. The summed E-state index contributed by atoms with van der Waals surface area (Å²) >= 11 is 0. The van der Waals surface area contributed by atoms with Gasteiger partial charge in [0.05, 0.1) is 17.9 Å². The second kappa shape index (κ2) is 13.7. The summed E-state index contributed by atoms with van der Waals surface area (Å²) in [7, 11) is 0. The van der Waals surface area contributed by atoms with Crippen molar-refractivity contribution in [3.05, 3.63) is 53.7 Å². The van der Waals surface area contributed by atoms with E-state index in [1.54, 1.807) is 12.3 Å². The Balaban J connectivity index is 0.000000333. The third kappa shape index (κ3) is 10.2. The summed E-state index contributed by atoms with van der Waals surface area (Å²) < 4.78 is 83.9. The first-order chi connectivity index (χ1) is 18.5. The number of pyridine rings is 2. The molecule has 40 heavy (non-hydrogen) atoms. The maximum absolute atomic E-state index is 14.2. The Kier molecular flexibility index (Phi) is 11.2. The second-order valence-electron chi connectivity index (χ2n) is 8.95. The predicted molar refractivity (Wildman–Crippen MR) is 126 cm³/mol. The van der Waals surface area contributed by atoms with Gasteiger partial charge in [-0.05, 0) is 44.0 Å². The number of nitrogens with zero attached hydrogens (tertiary/aromatic N) is 4. The average Bonchev–Trinajstić information content (AvgIpc) is 2.84. The molecule has 9 nitrogen and oxygen atoms in total. The quantitative estimate of drug-likeness (QED) is 0.516. The number of morpholine rings is 1. The van der Waals surface area contributed by atoms with Crippen molar-refractivity contribution in [1.82, 2.24) is 14.9 Å². The highest BCUT2D eigenvalue weighted by Gasteiger charge is 2.41. The van der Waals surface area contributed by atoms with E-state index in [0.717, 1.165) is 50.4 Å². The molecule has 0 aromatic carbocycles. The molecule has 2 saturated heterocycles. The summed E-state index contributed by atoms with van der Waals surface area (Å²) in [6.45, 7) is 6.78. The smallest absolute Gasteiger partial charge is 0.475 e. The zero-order valence-electron chi connectivity index (χ0n) is 21.2. The summed E-state index contributed by atoms with van der Waals surface area (Å²) in [5.41, 5.74) is 1.87. The molecule has 2 aromatic rings. The lowest BCUT2D eigenvalue weighted by Gasteiger charge is -2.48. The Labute approximate surface area is 224 Å². The first-order valence-electron chi connectivity index (χ1n) is 11.8. The minimum Gasteiger partial charge on any atom is -0.475 e. The molecular weight excluding hydrogens is 557 g/mol. The second-order valence-corrected chi connectivity index (χ2v) is 8.95. The number of aliphatic carboxylic acids is 2. The van der Waals surface area contributed by atoms with Gasteiger partial charge in [-0.3, -0.25) is 9.88 Å². The van der Waals surface area contributed by atoms with Crippen LogP contribution >= 0.6 is 0 Å². The molecule has 2 N–H and O–H groups in total. The van der Waals surface area contributed by atoms with Crippen LogP contribution in [0, 0.1) is 12.7 Å². The molecule has 2 fully saturated rings. The van der Waals surface area contributed by atoms with Gasteiger partial charge in [0.1, 0.15) is 0 Å². The minimum absolute atomic E-state index is 0.260. The van der Waals surface area contributed by atoms with E-state index in [0.29, 0.717) is 19.0 Å². The van der Waals surface area contributed by atoms with Gasteiger partial charge in [-0.25, -0.2) is 19.0 Å². The fourth-order valence-corrected chi connectivity index (χ4v) is 4.11. The van der Waals surface area contributed by atoms with E-state index >= 15 is 0 Å². The van der Waals surface area contributed by atoms with Gasteiger partial charge in [0.2, 0.25) is 0 Å². The third-order valence-electron chi connectivity index (χ3n) is 5.72. The molecule has 1 spiro atoms. The molecule has 222 valence electrons. The van der Waals surface area contributed by atoms with Crippen molar-refractivity contribution in [2.24, 2.45) is 0 Å². The molecule has 1 unspecified atom stereocenters. The maximum atomic E-state index is 14.2. The highest BCUT2D eigenvalue weighted by molar-refractivity contribution is 5.73. The number of carbonyl (C=O) groups is 2. The van der Waals surface area contributed by atoms with Crippen LogP contribution in [-0.4, -0.2) is 87.8 Å². The largest absolute Gasteiger partial charge is 0.490 e. The fraction of sp³-hybridized carbons (Fsp3) is 0.500. The zero-order chi connectivity index (χ0) is 30.1. The van der Waals surface area contributed by atoms with Gasteiger partial charge < -0.3 is 19.8 Å². The van der Waals surface area contributed by atoms with Gasteiger partial charge in [0.25, 0.3) is 0 Å². The number of ether oxygens (including phenoxy) is 1. The fourth-order valence-electron chi connectivity index (χ4n) is 4.11. The minimum atomic E-state index is -5.08. The Morgan fingerprint density at radius 1 is 1.00 bits per heavy atom. The number of alkyl halides is 6. The Bertz CT molecular complexity index is 1120. The summed E-state index contributed by atoms with van der Waals surface area (Å²) in [4.78, 5) is 31.1. The molecule has 2 aliphatic rings. The topological polar surface area (TPSA) is 116 Å². The Morgan fingerprint density at radius 3 is 2.17 bits per heavy atom. The van der Waals surface area contributed by atoms with E-state index in [1.165, 1.54) is 6.07 Å².